The van der Waals surface area contributed by atoms with Crippen LogP contribution in [0.1, 0.15) is 24.1 Å². The van der Waals surface area contributed by atoms with Crippen molar-refractivity contribution < 1.29 is 0 Å². The van der Waals surface area contributed by atoms with Crippen molar-refractivity contribution in [3.63, 3.8) is 0 Å². The van der Waals surface area contributed by atoms with Crippen molar-refractivity contribution in [2.45, 2.75) is 19.5 Å². The molecule has 0 bridgehead atoms. The van der Waals surface area contributed by atoms with Gasteiger partial charge in [0.15, 0.2) is 0 Å². The predicted molar refractivity (Wildman–Crippen MR) is 87.3 cm³/mol. The third kappa shape index (κ3) is 4.26. The summed E-state index contributed by atoms with van der Waals surface area (Å²) >= 11 is 6.04. The molecule has 0 aromatic heterocycles. The van der Waals surface area contributed by atoms with Crippen LogP contribution in [-0.2, 0) is 6.54 Å². The molecule has 0 amide bonds. The third-order valence-corrected chi connectivity index (χ3v) is 3.39. The first-order valence-corrected chi connectivity index (χ1v) is 7.18. The molecule has 3 heteroatoms. The molecule has 1 N–H and O–H groups in total. The van der Waals surface area contributed by atoms with Gasteiger partial charge in [-0.1, -0.05) is 35.9 Å². The van der Waals surface area contributed by atoms with Gasteiger partial charge in [-0.05, 0) is 56.4 Å². The van der Waals surface area contributed by atoms with Crippen molar-refractivity contribution >= 4 is 17.3 Å². The average Bonchev–Trinajstić information content (AvgIpc) is 2.38. The first-order chi connectivity index (χ1) is 9.54. The molecule has 2 aromatic rings. The highest BCUT2D eigenvalue weighted by Gasteiger charge is 2.06. The molecule has 0 spiro atoms. The van der Waals surface area contributed by atoms with Gasteiger partial charge in [0.05, 0.1) is 0 Å². The average molecular weight is 289 g/mol. The zero-order valence-electron chi connectivity index (χ0n) is 12.2. The molecule has 1 unspecified atom stereocenters. The van der Waals surface area contributed by atoms with Gasteiger partial charge in [0.2, 0.25) is 0 Å². The highest BCUT2D eigenvalue weighted by molar-refractivity contribution is 6.30. The summed E-state index contributed by atoms with van der Waals surface area (Å²) in [6.07, 6.45) is 0. The lowest BCUT2D eigenvalue weighted by atomic mass is 10.1. The van der Waals surface area contributed by atoms with E-state index in [1.807, 2.05) is 18.2 Å². The Hall–Kier alpha value is -1.51. The Morgan fingerprint density at radius 1 is 1.10 bits per heavy atom. The highest BCUT2D eigenvalue weighted by Crippen LogP contribution is 2.22. The molecule has 0 heterocycles. The molecule has 106 valence electrons. The zero-order chi connectivity index (χ0) is 14.5. The Kier molecular flexibility index (Phi) is 5.05. The fourth-order valence-corrected chi connectivity index (χ4v) is 2.43. The van der Waals surface area contributed by atoms with Crippen molar-refractivity contribution in [2.75, 3.05) is 19.4 Å². The van der Waals surface area contributed by atoms with Crippen molar-refractivity contribution in [1.82, 2.24) is 4.90 Å². The molecule has 1 atom stereocenters. The second kappa shape index (κ2) is 6.78. The van der Waals surface area contributed by atoms with Crippen LogP contribution in [0.3, 0.4) is 0 Å². The number of benzene rings is 2. The van der Waals surface area contributed by atoms with Gasteiger partial charge in [-0.25, -0.2) is 0 Å². The molecule has 0 aliphatic carbocycles. The van der Waals surface area contributed by atoms with Crippen molar-refractivity contribution in [3.8, 4) is 0 Å². The fourth-order valence-electron chi connectivity index (χ4n) is 2.23. The van der Waals surface area contributed by atoms with Crippen LogP contribution in [0.5, 0.6) is 0 Å². The molecule has 2 rings (SSSR count). The van der Waals surface area contributed by atoms with Crippen molar-refractivity contribution in [1.29, 1.82) is 0 Å². The topological polar surface area (TPSA) is 15.3 Å². The molecule has 0 saturated carbocycles. The summed E-state index contributed by atoms with van der Waals surface area (Å²) in [4.78, 5) is 2.17. The summed E-state index contributed by atoms with van der Waals surface area (Å²) in [5.74, 6) is 0. The van der Waals surface area contributed by atoms with Gasteiger partial charge >= 0.3 is 0 Å². The van der Waals surface area contributed by atoms with Crippen LogP contribution >= 0.6 is 11.6 Å². The molecule has 0 aliphatic heterocycles. The van der Waals surface area contributed by atoms with Crippen LogP contribution in [0.15, 0.2) is 48.5 Å². The molecule has 2 aromatic carbocycles. The predicted octanol–water partition coefficient (Wildman–Crippen LogP) is 4.57. The number of rotatable bonds is 5. The van der Waals surface area contributed by atoms with E-state index in [0.717, 1.165) is 17.3 Å². The summed E-state index contributed by atoms with van der Waals surface area (Å²) < 4.78 is 0. The standard InChI is InChI=1S/C17H21ClN2/c1-13(15-7-5-8-16(18)11-15)19-17-9-4-6-14(10-17)12-20(2)3/h4-11,13,19H,12H2,1-3H3. The lowest BCUT2D eigenvalue weighted by molar-refractivity contribution is 0.402. The van der Waals surface area contributed by atoms with Gasteiger partial charge in [-0.2, -0.15) is 0 Å². The fraction of sp³-hybridized carbons (Fsp3) is 0.294. The van der Waals surface area contributed by atoms with Gasteiger partial charge in [-0.3, -0.25) is 0 Å². The Labute approximate surface area is 126 Å². The van der Waals surface area contributed by atoms with Gasteiger partial charge in [-0.15, -0.1) is 0 Å². The lowest BCUT2D eigenvalue weighted by Crippen LogP contribution is -2.11. The minimum atomic E-state index is 0.225. The van der Waals surface area contributed by atoms with E-state index in [4.69, 9.17) is 11.6 Å². The van der Waals surface area contributed by atoms with Crippen LogP contribution < -0.4 is 5.32 Å². The number of nitrogens with zero attached hydrogens (tertiary/aromatic N) is 1. The Morgan fingerprint density at radius 2 is 1.85 bits per heavy atom. The maximum Gasteiger partial charge on any atom is 0.0486 e. The summed E-state index contributed by atoms with van der Waals surface area (Å²) in [7, 11) is 4.16. The minimum Gasteiger partial charge on any atom is -0.379 e. The second-order valence-electron chi connectivity index (χ2n) is 5.36. The van der Waals surface area contributed by atoms with Crippen molar-refractivity contribution in [3.05, 3.63) is 64.7 Å². The first-order valence-electron chi connectivity index (χ1n) is 6.80. The van der Waals surface area contributed by atoms with E-state index in [0.29, 0.717) is 0 Å². The number of nitrogens with one attached hydrogen (secondary N) is 1. The smallest absolute Gasteiger partial charge is 0.0486 e. The molecule has 0 saturated heterocycles. The van der Waals surface area contributed by atoms with Crippen LogP contribution in [0, 0.1) is 0 Å². The molecular formula is C17H21ClN2. The maximum absolute atomic E-state index is 6.04. The Morgan fingerprint density at radius 3 is 2.55 bits per heavy atom. The number of hydrogen-bond donors (Lipinski definition) is 1. The maximum atomic E-state index is 6.04. The molecule has 2 nitrogen and oxygen atoms in total. The summed E-state index contributed by atoms with van der Waals surface area (Å²) in [5, 5.41) is 4.30. The minimum absolute atomic E-state index is 0.225. The number of halogens is 1. The molecular weight excluding hydrogens is 268 g/mol. The van der Waals surface area contributed by atoms with Crippen LogP contribution in [0.25, 0.3) is 0 Å². The molecule has 20 heavy (non-hydrogen) atoms. The van der Waals surface area contributed by atoms with E-state index >= 15 is 0 Å². The van der Waals surface area contributed by atoms with E-state index in [2.05, 4.69) is 61.6 Å². The lowest BCUT2D eigenvalue weighted by Gasteiger charge is -2.17. The Bertz CT molecular complexity index is 566. The second-order valence-corrected chi connectivity index (χ2v) is 5.80. The SMILES string of the molecule is CC(Nc1cccc(CN(C)C)c1)c1cccc(Cl)c1. The van der Waals surface area contributed by atoms with Gasteiger partial charge in [0.1, 0.15) is 0 Å². The normalized spacial score (nSPS) is 12.4. The summed E-state index contributed by atoms with van der Waals surface area (Å²) in [5.41, 5.74) is 3.63. The largest absolute Gasteiger partial charge is 0.379 e. The summed E-state index contributed by atoms with van der Waals surface area (Å²) in [6, 6.07) is 16.7. The van der Waals surface area contributed by atoms with E-state index in [1.54, 1.807) is 0 Å². The van der Waals surface area contributed by atoms with E-state index in [1.165, 1.54) is 11.1 Å². The third-order valence-electron chi connectivity index (χ3n) is 3.16. The monoisotopic (exact) mass is 288 g/mol. The van der Waals surface area contributed by atoms with Crippen LogP contribution in [0.4, 0.5) is 5.69 Å². The number of anilines is 1. The van der Waals surface area contributed by atoms with Crippen LogP contribution in [-0.4, -0.2) is 19.0 Å². The van der Waals surface area contributed by atoms with E-state index in [-0.39, 0.29) is 6.04 Å². The van der Waals surface area contributed by atoms with E-state index < -0.39 is 0 Å². The first kappa shape index (κ1) is 14.9. The number of hydrogen-bond acceptors (Lipinski definition) is 2. The summed E-state index contributed by atoms with van der Waals surface area (Å²) in [6.45, 7) is 3.09. The van der Waals surface area contributed by atoms with Gasteiger partial charge in [0, 0.05) is 23.3 Å². The Balaban J connectivity index is 2.09. The molecule has 0 fully saturated rings. The highest BCUT2D eigenvalue weighted by atomic mass is 35.5. The van der Waals surface area contributed by atoms with Gasteiger partial charge in [0.25, 0.3) is 0 Å². The molecule has 0 radical (unpaired) electrons. The van der Waals surface area contributed by atoms with E-state index in [9.17, 15) is 0 Å². The van der Waals surface area contributed by atoms with Gasteiger partial charge < -0.3 is 10.2 Å². The molecule has 0 aliphatic rings. The zero-order valence-corrected chi connectivity index (χ0v) is 13.0. The van der Waals surface area contributed by atoms with Crippen LogP contribution in [0.2, 0.25) is 5.02 Å². The quantitative estimate of drug-likeness (QED) is 0.867. The van der Waals surface area contributed by atoms with Crippen molar-refractivity contribution in [2.24, 2.45) is 0 Å².